The van der Waals surface area contributed by atoms with E-state index in [2.05, 4.69) is 44.4 Å². The lowest BCUT2D eigenvalue weighted by Crippen LogP contribution is -2.38. The molecule has 0 saturated carbocycles. The van der Waals surface area contributed by atoms with Crippen molar-refractivity contribution in [3.8, 4) is 0 Å². The predicted octanol–water partition coefficient (Wildman–Crippen LogP) is 3.71. The van der Waals surface area contributed by atoms with Gasteiger partial charge in [-0.1, -0.05) is 17.7 Å². The smallest absolute Gasteiger partial charge is 0.191 e. The summed E-state index contributed by atoms with van der Waals surface area (Å²) in [4.78, 5) is 8.64. The predicted molar refractivity (Wildman–Crippen MR) is 106 cm³/mol. The molecule has 0 aromatic carbocycles. The maximum absolute atomic E-state index is 5.77. The molecule has 2 N–H and O–H groups in total. The number of nitrogens with one attached hydrogen (secondary N) is 2. The van der Waals surface area contributed by atoms with Crippen LogP contribution in [0.5, 0.6) is 0 Å². The number of aliphatic imine (C=N–C) groups is 1. The summed E-state index contributed by atoms with van der Waals surface area (Å²) in [7, 11) is 0. The van der Waals surface area contributed by atoms with E-state index < -0.39 is 0 Å². The number of hydrogen-bond acceptors (Lipinski definition) is 3. The van der Waals surface area contributed by atoms with Gasteiger partial charge in [0.2, 0.25) is 0 Å². The summed E-state index contributed by atoms with van der Waals surface area (Å²) in [5.41, 5.74) is 2.39. The van der Waals surface area contributed by atoms with Gasteiger partial charge in [-0.25, -0.2) is 9.98 Å². The van der Waals surface area contributed by atoms with Crippen LogP contribution in [0.3, 0.4) is 0 Å². The van der Waals surface area contributed by atoms with Crippen LogP contribution in [0, 0.1) is 0 Å². The molecule has 4 nitrogen and oxygen atoms in total. The minimum absolute atomic E-state index is 0. The topological polar surface area (TPSA) is 49.3 Å². The van der Waals surface area contributed by atoms with Gasteiger partial charge in [0.25, 0.3) is 0 Å². The van der Waals surface area contributed by atoms with Gasteiger partial charge in [-0.3, -0.25) is 0 Å². The van der Waals surface area contributed by atoms with Crippen LogP contribution in [0.2, 0.25) is 5.15 Å². The molecule has 2 rings (SSSR count). The number of rotatable bonds is 6. The van der Waals surface area contributed by atoms with E-state index in [1.165, 1.54) is 5.56 Å². The van der Waals surface area contributed by atoms with Crippen molar-refractivity contribution in [2.75, 3.05) is 13.1 Å². The summed E-state index contributed by atoms with van der Waals surface area (Å²) in [6, 6.07) is 5.90. The fraction of sp³-hybridized carbons (Fsp3) is 0.333. The van der Waals surface area contributed by atoms with E-state index in [0.29, 0.717) is 11.7 Å². The molecule has 0 radical (unpaired) electrons. The van der Waals surface area contributed by atoms with Gasteiger partial charge in [0.15, 0.2) is 5.96 Å². The first-order valence-electron chi connectivity index (χ1n) is 6.91. The zero-order chi connectivity index (χ0) is 14.9. The Hall–Kier alpha value is -0.860. The third kappa shape index (κ3) is 6.93. The van der Waals surface area contributed by atoms with Crippen LogP contribution in [-0.4, -0.2) is 24.0 Å². The number of hydrogen-bond donors (Lipinski definition) is 2. The van der Waals surface area contributed by atoms with Crippen LogP contribution in [0.25, 0.3) is 0 Å². The van der Waals surface area contributed by atoms with Gasteiger partial charge in [-0.2, -0.15) is 11.3 Å². The highest BCUT2D eigenvalue weighted by molar-refractivity contribution is 14.0. The highest BCUT2D eigenvalue weighted by atomic mass is 127. The van der Waals surface area contributed by atoms with E-state index in [1.54, 1.807) is 17.5 Å². The first-order valence-corrected chi connectivity index (χ1v) is 8.23. The van der Waals surface area contributed by atoms with Crippen LogP contribution in [0.4, 0.5) is 0 Å². The molecule has 0 amide bonds. The van der Waals surface area contributed by atoms with E-state index in [0.717, 1.165) is 31.0 Å². The van der Waals surface area contributed by atoms with E-state index >= 15 is 0 Å². The highest BCUT2D eigenvalue weighted by Crippen LogP contribution is 2.07. The molecule has 0 atom stereocenters. The lowest BCUT2D eigenvalue weighted by Gasteiger charge is -2.11. The van der Waals surface area contributed by atoms with E-state index in [9.17, 15) is 0 Å². The monoisotopic (exact) mass is 450 g/mol. The van der Waals surface area contributed by atoms with Crippen molar-refractivity contribution in [2.24, 2.45) is 4.99 Å². The number of halogens is 2. The number of aromatic nitrogens is 1. The van der Waals surface area contributed by atoms with Crippen molar-refractivity contribution < 1.29 is 0 Å². The fourth-order valence-corrected chi connectivity index (χ4v) is 2.55. The van der Waals surface area contributed by atoms with Gasteiger partial charge >= 0.3 is 0 Å². The molecule has 7 heteroatoms. The van der Waals surface area contributed by atoms with E-state index in [4.69, 9.17) is 11.6 Å². The molecule has 0 bridgehead atoms. The molecule has 120 valence electrons. The Bertz CT molecular complexity index is 557. The SMILES string of the molecule is CCNC(=NCc1ccsc1)NCCc1ccc(Cl)nc1.I. The van der Waals surface area contributed by atoms with Crippen LogP contribution < -0.4 is 10.6 Å². The average Bonchev–Trinajstić information content (AvgIpc) is 3.00. The second-order valence-electron chi connectivity index (χ2n) is 4.49. The summed E-state index contributed by atoms with van der Waals surface area (Å²) >= 11 is 7.47. The van der Waals surface area contributed by atoms with Crippen LogP contribution >= 0.6 is 46.9 Å². The summed E-state index contributed by atoms with van der Waals surface area (Å²) in [5, 5.41) is 11.3. The zero-order valence-electron chi connectivity index (χ0n) is 12.4. The molecule has 0 aliphatic carbocycles. The maximum Gasteiger partial charge on any atom is 0.191 e. The Morgan fingerprint density at radius 2 is 2.14 bits per heavy atom. The number of thiophene rings is 1. The lowest BCUT2D eigenvalue weighted by molar-refractivity contribution is 0.798. The summed E-state index contributed by atoms with van der Waals surface area (Å²) < 4.78 is 0. The van der Waals surface area contributed by atoms with Crippen LogP contribution in [0.1, 0.15) is 18.1 Å². The molecule has 0 aliphatic rings. The summed E-state index contributed by atoms with van der Waals surface area (Å²) in [5.74, 6) is 0.839. The van der Waals surface area contributed by atoms with Gasteiger partial charge in [0, 0.05) is 19.3 Å². The second-order valence-corrected chi connectivity index (χ2v) is 5.66. The van der Waals surface area contributed by atoms with Crippen molar-refractivity contribution in [1.29, 1.82) is 0 Å². The normalized spacial score (nSPS) is 10.9. The molecule has 0 fully saturated rings. The molecule has 0 unspecified atom stereocenters. The molecule has 0 aliphatic heterocycles. The largest absolute Gasteiger partial charge is 0.357 e. The Kier molecular flexibility index (Phi) is 9.42. The van der Waals surface area contributed by atoms with E-state index in [-0.39, 0.29) is 24.0 Å². The Balaban J connectivity index is 0.00000242. The van der Waals surface area contributed by atoms with Gasteiger partial charge < -0.3 is 10.6 Å². The molecule has 2 aromatic rings. The number of guanidine groups is 1. The van der Waals surface area contributed by atoms with Gasteiger partial charge in [0.05, 0.1) is 6.54 Å². The minimum Gasteiger partial charge on any atom is -0.357 e. The third-order valence-corrected chi connectivity index (χ3v) is 3.79. The Morgan fingerprint density at radius 3 is 2.77 bits per heavy atom. The van der Waals surface area contributed by atoms with Gasteiger partial charge in [-0.15, -0.1) is 24.0 Å². The van der Waals surface area contributed by atoms with E-state index in [1.807, 2.05) is 12.1 Å². The van der Waals surface area contributed by atoms with Crippen molar-refractivity contribution in [1.82, 2.24) is 15.6 Å². The molecule has 0 saturated heterocycles. The second kappa shape index (κ2) is 10.8. The summed E-state index contributed by atoms with van der Waals surface area (Å²) in [6.07, 6.45) is 2.69. The molecule has 22 heavy (non-hydrogen) atoms. The molecule has 2 aromatic heterocycles. The number of nitrogens with zero attached hydrogens (tertiary/aromatic N) is 2. The Morgan fingerprint density at radius 1 is 1.27 bits per heavy atom. The van der Waals surface area contributed by atoms with Crippen molar-refractivity contribution in [3.05, 3.63) is 51.4 Å². The van der Waals surface area contributed by atoms with Crippen molar-refractivity contribution in [3.63, 3.8) is 0 Å². The maximum atomic E-state index is 5.77. The fourth-order valence-electron chi connectivity index (χ4n) is 1.77. The third-order valence-electron chi connectivity index (χ3n) is 2.84. The van der Waals surface area contributed by atoms with Crippen molar-refractivity contribution >= 4 is 52.9 Å². The quantitative estimate of drug-likeness (QED) is 0.305. The minimum atomic E-state index is 0. The Labute approximate surface area is 157 Å². The van der Waals surface area contributed by atoms with Gasteiger partial charge in [0.1, 0.15) is 5.15 Å². The van der Waals surface area contributed by atoms with Crippen LogP contribution in [0.15, 0.2) is 40.1 Å². The van der Waals surface area contributed by atoms with Crippen molar-refractivity contribution in [2.45, 2.75) is 19.9 Å². The first-order chi connectivity index (χ1) is 10.3. The molecule has 0 spiro atoms. The number of pyridine rings is 1. The molecule has 2 heterocycles. The molecular formula is C15H20ClIN4S. The molecular weight excluding hydrogens is 431 g/mol. The van der Waals surface area contributed by atoms with Crippen LogP contribution in [-0.2, 0) is 13.0 Å². The average molecular weight is 451 g/mol. The zero-order valence-corrected chi connectivity index (χ0v) is 16.3. The highest BCUT2D eigenvalue weighted by Gasteiger charge is 1.99. The lowest BCUT2D eigenvalue weighted by atomic mass is 10.2. The standard InChI is InChI=1S/C15H19ClN4S.HI/c1-2-17-15(20-10-13-6-8-21-11-13)18-7-5-12-3-4-14(16)19-9-12;/h3-4,6,8-9,11H,2,5,7,10H2,1H3,(H2,17,18,20);1H. The van der Waals surface area contributed by atoms with Gasteiger partial charge in [-0.05, 0) is 47.4 Å². The first kappa shape index (κ1) is 19.2. The summed E-state index contributed by atoms with van der Waals surface area (Å²) in [6.45, 7) is 4.41.